The summed E-state index contributed by atoms with van der Waals surface area (Å²) < 4.78 is 4.98. The Hall–Kier alpha value is -1.56. The van der Waals surface area contributed by atoms with Crippen LogP contribution in [-0.2, 0) is 6.42 Å². The van der Waals surface area contributed by atoms with E-state index in [4.69, 9.17) is 10.00 Å². The number of aromatic nitrogens is 1. The molecule has 1 heterocycles. The first-order chi connectivity index (χ1) is 5.77. The van der Waals surface area contributed by atoms with E-state index in [0.29, 0.717) is 6.42 Å². The van der Waals surface area contributed by atoms with Crippen molar-refractivity contribution in [3.63, 3.8) is 0 Å². The number of pyridine rings is 1. The van der Waals surface area contributed by atoms with E-state index in [1.165, 1.54) is 0 Å². The van der Waals surface area contributed by atoms with Crippen molar-refractivity contribution in [2.75, 3.05) is 7.11 Å². The SMILES string of the molecule is COc1cnc(CC#N)c(C)c1. The molecule has 0 unspecified atom stereocenters. The van der Waals surface area contributed by atoms with E-state index >= 15 is 0 Å². The van der Waals surface area contributed by atoms with Gasteiger partial charge in [0.15, 0.2) is 0 Å². The number of rotatable bonds is 2. The Bertz CT molecular complexity index is 315. The molecule has 0 N–H and O–H groups in total. The fourth-order valence-corrected chi connectivity index (χ4v) is 0.949. The highest BCUT2D eigenvalue weighted by atomic mass is 16.5. The molecular formula is C9H10N2O. The molecule has 12 heavy (non-hydrogen) atoms. The fourth-order valence-electron chi connectivity index (χ4n) is 0.949. The summed E-state index contributed by atoms with van der Waals surface area (Å²) in [5.74, 6) is 0.731. The van der Waals surface area contributed by atoms with E-state index in [9.17, 15) is 0 Å². The maximum absolute atomic E-state index is 8.45. The van der Waals surface area contributed by atoms with Gasteiger partial charge in [-0.3, -0.25) is 4.98 Å². The summed E-state index contributed by atoms with van der Waals surface area (Å²) in [5.41, 5.74) is 1.81. The molecule has 3 nitrogen and oxygen atoms in total. The molecule has 1 aromatic rings. The zero-order valence-corrected chi connectivity index (χ0v) is 7.16. The Labute approximate surface area is 71.6 Å². The second kappa shape index (κ2) is 3.72. The van der Waals surface area contributed by atoms with Crippen LogP contribution in [0.5, 0.6) is 5.75 Å². The zero-order chi connectivity index (χ0) is 8.97. The van der Waals surface area contributed by atoms with Gasteiger partial charge < -0.3 is 4.74 Å². The van der Waals surface area contributed by atoms with Gasteiger partial charge in [0, 0.05) is 0 Å². The van der Waals surface area contributed by atoms with E-state index < -0.39 is 0 Å². The maximum atomic E-state index is 8.45. The minimum atomic E-state index is 0.357. The van der Waals surface area contributed by atoms with Crippen LogP contribution in [-0.4, -0.2) is 12.1 Å². The van der Waals surface area contributed by atoms with Gasteiger partial charge in [-0.25, -0.2) is 0 Å². The molecule has 0 atom stereocenters. The minimum absolute atomic E-state index is 0.357. The van der Waals surface area contributed by atoms with Crippen LogP contribution in [0, 0.1) is 18.3 Å². The summed E-state index contributed by atoms with van der Waals surface area (Å²) in [6, 6.07) is 3.93. The molecule has 0 aliphatic heterocycles. The molecule has 1 rings (SSSR count). The quantitative estimate of drug-likeness (QED) is 0.661. The molecular weight excluding hydrogens is 152 g/mol. The van der Waals surface area contributed by atoms with Crippen molar-refractivity contribution < 1.29 is 4.74 Å². The van der Waals surface area contributed by atoms with Crippen LogP contribution < -0.4 is 4.74 Å². The number of nitriles is 1. The van der Waals surface area contributed by atoms with Crippen LogP contribution in [0.2, 0.25) is 0 Å². The molecule has 0 aliphatic rings. The molecule has 0 bridgehead atoms. The Kier molecular flexibility index (Phi) is 2.65. The summed E-state index contributed by atoms with van der Waals surface area (Å²) in [5, 5.41) is 8.45. The molecule has 3 heteroatoms. The molecule has 0 saturated heterocycles. The van der Waals surface area contributed by atoms with Crippen LogP contribution in [0.3, 0.4) is 0 Å². The number of ether oxygens (including phenoxy) is 1. The number of hydrogen-bond donors (Lipinski definition) is 0. The number of aryl methyl sites for hydroxylation is 1. The van der Waals surface area contributed by atoms with Gasteiger partial charge in [0.05, 0.1) is 31.5 Å². The van der Waals surface area contributed by atoms with Crippen molar-refractivity contribution in [2.24, 2.45) is 0 Å². The zero-order valence-electron chi connectivity index (χ0n) is 7.16. The molecule has 0 fully saturated rings. The maximum Gasteiger partial charge on any atom is 0.137 e. The molecule has 0 saturated carbocycles. The standard InChI is InChI=1S/C9H10N2O/c1-7-5-8(12-2)6-11-9(7)3-4-10/h5-6H,3H2,1-2H3. The van der Waals surface area contributed by atoms with Gasteiger partial charge in [-0.15, -0.1) is 0 Å². The third-order valence-electron chi connectivity index (χ3n) is 1.64. The molecule has 62 valence electrons. The van der Waals surface area contributed by atoms with E-state index in [-0.39, 0.29) is 0 Å². The Morgan fingerprint density at radius 2 is 2.42 bits per heavy atom. The largest absolute Gasteiger partial charge is 0.495 e. The van der Waals surface area contributed by atoms with Crippen molar-refractivity contribution in [2.45, 2.75) is 13.3 Å². The molecule has 0 spiro atoms. The average Bonchev–Trinajstić information content (AvgIpc) is 2.09. The summed E-state index contributed by atoms with van der Waals surface area (Å²) in [7, 11) is 1.60. The van der Waals surface area contributed by atoms with Crippen molar-refractivity contribution >= 4 is 0 Å². The predicted molar refractivity (Wildman–Crippen MR) is 44.8 cm³/mol. The second-order valence-corrected chi connectivity index (χ2v) is 2.47. The third-order valence-corrected chi connectivity index (χ3v) is 1.64. The van der Waals surface area contributed by atoms with Gasteiger partial charge in [-0.05, 0) is 18.6 Å². The van der Waals surface area contributed by atoms with Crippen molar-refractivity contribution in [3.8, 4) is 11.8 Å². The smallest absolute Gasteiger partial charge is 0.137 e. The monoisotopic (exact) mass is 162 g/mol. The van der Waals surface area contributed by atoms with E-state index in [1.807, 2.05) is 13.0 Å². The highest BCUT2D eigenvalue weighted by Crippen LogP contribution is 2.13. The van der Waals surface area contributed by atoms with E-state index in [2.05, 4.69) is 11.1 Å². The Balaban J connectivity index is 2.97. The van der Waals surface area contributed by atoms with Crippen LogP contribution in [0.15, 0.2) is 12.3 Å². The Morgan fingerprint density at radius 3 is 2.92 bits per heavy atom. The first kappa shape index (κ1) is 8.54. The fraction of sp³-hybridized carbons (Fsp3) is 0.333. The highest BCUT2D eigenvalue weighted by Gasteiger charge is 2.00. The summed E-state index contributed by atoms with van der Waals surface area (Å²) in [4.78, 5) is 4.09. The van der Waals surface area contributed by atoms with Gasteiger partial charge in [-0.1, -0.05) is 0 Å². The predicted octanol–water partition coefficient (Wildman–Crippen LogP) is 1.46. The molecule has 0 amide bonds. The molecule has 0 radical (unpaired) electrons. The highest BCUT2D eigenvalue weighted by molar-refractivity contribution is 5.29. The van der Waals surface area contributed by atoms with Gasteiger partial charge in [-0.2, -0.15) is 5.26 Å². The number of nitrogens with zero attached hydrogens (tertiary/aromatic N) is 2. The average molecular weight is 162 g/mol. The van der Waals surface area contributed by atoms with E-state index in [0.717, 1.165) is 17.0 Å². The summed E-state index contributed by atoms with van der Waals surface area (Å²) >= 11 is 0. The van der Waals surface area contributed by atoms with Crippen molar-refractivity contribution in [1.29, 1.82) is 5.26 Å². The topological polar surface area (TPSA) is 45.9 Å². The molecule has 1 aromatic heterocycles. The first-order valence-corrected chi connectivity index (χ1v) is 3.64. The lowest BCUT2D eigenvalue weighted by Crippen LogP contribution is -1.93. The van der Waals surface area contributed by atoms with Gasteiger partial charge in [0.1, 0.15) is 5.75 Å². The lowest BCUT2D eigenvalue weighted by molar-refractivity contribution is 0.412. The lowest BCUT2D eigenvalue weighted by Gasteiger charge is -2.02. The minimum Gasteiger partial charge on any atom is -0.495 e. The van der Waals surface area contributed by atoms with Crippen molar-refractivity contribution in [1.82, 2.24) is 4.98 Å². The van der Waals surface area contributed by atoms with Gasteiger partial charge >= 0.3 is 0 Å². The van der Waals surface area contributed by atoms with Gasteiger partial charge in [0.2, 0.25) is 0 Å². The lowest BCUT2D eigenvalue weighted by atomic mass is 10.2. The third kappa shape index (κ3) is 1.73. The van der Waals surface area contributed by atoms with Gasteiger partial charge in [0.25, 0.3) is 0 Å². The van der Waals surface area contributed by atoms with E-state index in [1.54, 1.807) is 13.3 Å². The number of methoxy groups -OCH3 is 1. The molecule has 0 aliphatic carbocycles. The summed E-state index contributed by atoms with van der Waals surface area (Å²) in [6.07, 6.45) is 1.98. The van der Waals surface area contributed by atoms with Crippen LogP contribution in [0.25, 0.3) is 0 Å². The van der Waals surface area contributed by atoms with Crippen LogP contribution >= 0.6 is 0 Å². The van der Waals surface area contributed by atoms with Crippen molar-refractivity contribution in [3.05, 3.63) is 23.5 Å². The Morgan fingerprint density at radius 1 is 1.67 bits per heavy atom. The van der Waals surface area contributed by atoms with Crippen LogP contribution in [0.4, 0.5) is 0 Å². The second-order valence-electron chi connectivity index (χ2n) is 2.47. The normalized spacial score (nSPS) is 9.08. The first-order valence-electron chi connectivity index (χ1n) is 3.64. The molecule has 0 aromatic carbocycles. The van der Waals surface area contributed by atoms with Crippen LogP contribution in [0.1, 0.15) is 11.3 Å². The number of hydrogen-bond acceptors (Lipinski definition) is 3. The summed E-state index contributed by atoms with van der Waals surface area (Å²) in [6.45, 7) is 1.92.